The van der Waals surface area contributed by atoms with E-state index in [4.69, 9.17) is 4.52 Å². The molecular formula is C13H14N2O4S. The summed E-state index contributed by atoms with van der Waals surface area (Å²) in [5, 5.41) is 17.3. The average molecular weight is 294 g/mol. The van der Waals surface area contributed by atoms with Crippen molar-refractivity contribution in [1.29, 1.82) is 0 Å². The Balaban J connectivity index is 2.31. The third kappa shape index (κ3) is 3.05. The molecule has 0 saturated heterocycles. The molecule has 0 fully saturated rings. The van der Waals surface area contributed by atoms with Gasteiger partial charge in [-0.05, 0) is 17.4 Å². The van der Waals surface area contributed by atoms with E-state index in [-0.39, 0.29) is 35.4 Å². The van der Waals surface area contributed by atoms with Crippen molar-refractivity contribution in [2.24, 2.45) is 5.92 Å². The molecule has 0 unspecified atom stereocenters. The predicted molar refractivity (Wildman–Crippen MR) is 74.9 cm³/mol. The molecule has 0 atom stereocenters. The molecule has 6 nitrogen and oxygen atoms in total. The number of anilines is 1. The highest BCUT2D eigenvalue weighted by molar-refractivity contribution is 7.13. The van der Waals surface area contributed by atoms with Gasteiger partial charge in [0.2, 0.25) is 11.8 Å². The number of carbonyl (C=O) groups is 2. The number of carboxylic acid groups (broad SMARTS) is 1. The van der Waals surface area contributed by atoms with Gasteiger partial charge in [0.05, 0.1) is 4.88 Å². The Bertz CT molecular complexity index is 616. The van der Waals surface area contributed by atoms with Crippen LogP contribution in [0.25, 0.3) is 10.6 Å². The Hall–Kier alpha value is -2.15. The second-order valence-electron chi connectivity index (χ2n) is 4.66. The maximum atomic E-state index is 11.7. The first-order chi connectivity index (χ1) is 9.49. The quantitative estimate of drug-likeness (QED) is 0.884. The van der Waals surface area contributed by atoms with Gasteiger partial charge in [-0.3, -0.25) is 10.1 Å². The molecule has 2 aromatic heterocycles. The highest BCUT2D eigenvalue weighted by Crippen LogP contribution is 2.31. The summed E-state index contributed by atoms with van der Waals surface area (Å²) in [5.41, 5.74) is 0.108. The molecule has 2 rings (SSSR count). The molecule has 0 spiro atoms. The number of hydrogen-bond acceptors (Lipinski definition) is 5. The lowest BCUT2D eigenvalue weighted by Gasteiger charge is -2.04. The minimum atomic E-state index is -1.19. The highest BCUT2D eigenvalue weighted by Gasteiger charge is 2.25. The normalized spacial score (nSPS) is 10.8. The number of thiophene rings is 1. The highest BCUT2D eigenvalue weighted by atomic mass is 32.1. The molecule has 0 radical (unpaired) electrons. The minimum Gasteiger partial charge on any atom is -0.477 e. The number of amides is 1. The van der Waals surface area contributed by atoms with Crippen LogP contribution in [0, 0.1) is 5.92 Å². The number of nitrogens with one attached hydrogen (secondary N) is 1. The van der Waals surface area contributed by atoms with Crippen LogP contribution in [0.2, 0.25) is 0 Å². The summed E-state index contributed by atoms with van der Waals surface area (Å²) in [5.74, 6) is -1.43. The molecule has 0 aliphatic heterocycles. The summed E-state index contributed by atoms with van der Waals surface area (Å²) in [6.45, 7) is 3.80. The van der Waals surface area contributed by atoms with E-state index in [1.54, 1.807) is 12.1 Å². The monoisotopic (exact) mass is 294 g/mol. The molecule has 0 aromatic carbocycles. The second kappa shape index (κ2) is 5.87. The number of rotatable bonds is 5. The van der Waals surface area contributed by atoms with Gasteiger partial charge in [0.1, 0.15) is 5.69 Å². The van der Waals surface area contributed by atoms with Crippen LogP contribution in [0.4, 0.5) is 5.88 Å². The number of carboxylic acids is 1. The molecular weight excluding hydrogens is 280 g/mol. The van der Waals surface area contributed by atoms with E-state index in [1.807, 2.05) is 19.2 Å². The van der Waals surface area contributed by atoms with Crippen molar-refractivity contribution in [3.05, 3.63) is 23.1 Å². The van der Waals surface area contributed by atoms with Gasteiger partial charge in [-0.2, -0.15) is 0 Å². The van der Waals surface area contributed by atoms with Crippen molar-refractivity contribution in [3.63, 3.8) is 0 Å². The molecule has 0 aliphatic rings. The molecule has 0 aliphatic carbocycles. The molecule has 2 heterocycles. The van der Waals surface area contributed by atoms with Crippen LogP contribution in [-0.2, 0) is 4.79 Å². The zero-order valence-corrected chi connectivity index (χ0v) is 11.9. The van der Waals surface area contributed by atoms with Gasteiger partial charge in [0.25, 0.3) is 0 Å². The molecule has 2 aromatic rings. The number of aromatic carboxylic acids is 1. The van der Waals surface area contributed by atoms with Gasteiger partial charge >= 0.3 is 5.97 Å². The van der Waals surface area contributed by atoms with Crippen LogP contribution in [0.5, 0.6) is 0 Å². The molecule has 20 heavy (non-hydrogen) atoms. The number of aromatic nitrogens is 1. The lowest BCUT2D eigenvalue weighted by Crippen LogP contribution is -2.15. The third-order valence-electron chi connectivity index (χ3n) is 2.51. The van der Waals surface area contributed by atoms with E-state index in [2.05, 4.69) is 10.5 Å². The Morgan fingerprint density at radius 1 is 1.50 bits per heavy atom. The van der Waals surface area contributed by atoms with Gasteiger partial charge in [0.15, 0.2) is 5.56 Å². The molecule has 7 heteroatoms. The van der Waals surface area contributed by atoms with Crippen molar-refractivity contribution in [3.8, 4) is 10.6 Å². The predicted octanol–water partition coefficient (Wildman–Crippen LogP) is 3.09. The molecule has 0 saturated carbocycles. The van der Waals surface area contributed by atoms with Crippen LogP contribution in [-0.4, -0.2) is 22.1 Å². The average Bonchev–Trinajstić information content (AvgIpc) is 2.94. The van der Waals surface area contributed by atoms with Gasteiger partial charge < -0.3 is 9.63 Å². The van der Waals surface area contributed by atoms with E-state index in [1.165, 1.54) is 11.3 Å². The third-order valence-corrected chi connectivity index (χ3v) is 3.38. The summed E-state index contributed by atoms with van der Waals surface area (Å²) < 4.78 is 4.98. The largest absolute Gasteiger partial charge is 0.477 e. The van der Waals surface area contributed by atoms with Crippen molar-refractivity contribution < 1.29 is 19.2 Å². The second-order valence-corrected chi connectivity index (χ2v) is 5.61. The summed E-state index contributed by atoms with van der Waals surface area (Å²) in [6, 6.07) is 3.53. The SMILES string of the molecule is CC(C)CC(=O)Nc1onc(-c2cccs2)c1C(=O)O. The fraction of sp³-hybridized carbons (Fsp3) is 0.308. The van der Waals surface area contributed by atoms with E-state index in [9.17, 15) is 14.7 Å². The summed E-state index contributed by atoms with van der Waals surface area (Å²) in [7, 11) is 0. The summed E-state index contributed by atoms with van der Waals surface area (Å²) in [4.78, 5) is 23.7. The molecule has 106 valence electrons. The first-order valence-electron chi connectivity index (χ1n) is 6.05. The minimum absolute atomic E-state index is 0.119. The van der Waals surface area contributed by atoms with Crippen LogP contribution >= 0.6 is 11.3 Å². The Morgan fingerprint density at radius 3 is 2.80 bits per heavy atom. The van der Waals surface area contributed by atoms with Crippen LogP contribution in [0.15, 0.2) is 22.0 Å². The van der Waals surface area contributed by atoms with Crippen molar-refractivity contribution in [1.82, 2.24) is 5.16 Å². The number of carbonyl (C=O) groups excluding carboxylic acids is 1. The zero-order chi connectivity index (χ0) is 14.7. The first-order valence-corrected chi connectivity index (χ1v) is 6.93. The van der Waals surface area contributed by atoms with Gasteiger partial charge in [-0.1, -0.05) is 25.1 Å². The fourth-order valence-electron chi connectivity index (χ4n) is 1.70. The number of hydrogen-bond donors (Lipinski definition) is 2. The molecule has 2 N–H and O–H groups in total. The smallest absolute Gasteiger partial charge is 0.343 e. The fourth-order valence-corrected chi connectivity index (χ4v) is 2.42. The Labute approximate surface area is 119 Å². The van der Waals surface area contributed by atoms with Gasteiger partial charge in [-0.25, -0.2) is 4.79 Å². The Morgan fingerprint density at radius 2 is 2.25 bits per heavy atom. The number of nitrogens with zero attached hydrogens (tertiary/aromatic N) is 1. The first kappa shape index (κ1) is 14.3. The van der Waals surface area contributed by atoms with Crippen molar-refractivity contribution in [2.45, 2.75) is 20.3 Å². The van der Waals surface area contributed by atoms with Crippen molar-refractivity contribution >= 4 is 29.1 Å². The summed E-state index contributed by atoms with van der Waals surface area (Å²) >= 11 is 1.35. The summed E-state index contributed by atoms with van der Waals surface area (Å²) in [6.07, 6.45) is 0.286. The lowest BCUT2D eigenvalue weighted by atomic mass is 10.1. The lowest BCUT2D eigenvalue weighted by molar-refractivity contribution is -0.117. The van der Waals surface area contributed by atoms with Crippen LogP contribution < -0.4 is 5.32 Å². The van der Waals surface area contributed by atoms with Gasteiger partial charge in [0, 0.05) is 6.42 Å². The maximum absolute atomic E-state index is 11.7. The van der Waals surface area contributed by atoms with Crippen LogP contribution in [0.3, 0.4) is 0 Å². The molecule has 1 amide bonds. The topological polar surface area (TPSA) is 92.4 Å². The standard InChI is InChI=1S/C13H14N2O4S/c1-7(2)6-9(16)14-12-10(13(17)18)11(15-19-12)8-4-3-5-20-8/h3-5,7H,6H2,1-2H3,(H,14,16)(H,17,18). The maximum Gasteiger partial charge on any atom is 0.343 e. The molecule has 0 bridgehead atoms. The Kier molecular flexibility index (Phi) is 4.19. The van der Waals surface area contributed by atoms with Crippen molar-refractivity contribution in [2.75, 3.05) is 5.32 Å². The van der Waals surface area contributed by atoms with E-state index < -0.39 is 5.97 Å². The van der Waals surface area contributed by atoms with E-state index in [0.717, 1.165) is 0 Å². The van der Waals surface area contributed by atoms with Gasteiger partial charge in [-0.15, -0.1) is 11.3 Å². The van der Waals surface area contributed by atoms with E-state index in [0.29, 0.717) is 4.88 Å². The zero-order valence-electron chi connectivity index (χ0n) is 11.0. The van der Waals surface area contributed by atoms with E-state index >= 15 is 0 Å². The van der Waals surface area contributed by atoms with Crippen LogP contribution in [0.1, 0.15) is 30.6 Å².